The van der Waals surface area contributed by atoms with Gasteiger partial charge in [-0.05, 0) is 138 Å². The molecule has 0 saturated heterocycles. The molecule has 282 valence electrons. The van der Waals surface area contributed by atoms with E-state index in [-0.39, 0.29) is 0 Å². The fourth-order valence-electron chi connectivity index (χ4n) is 10.5. The molecule has 0 radical (unpaired) electrons. The maximum absolute atomic E-state index is 5.62. The number of nitrogens with zero attached hydrogens (tertiary/aromatic N) is 4. The molecule has 0 bridgehead atoms. The van der Waals surface area contributed by atoms with Crippen LogP contribution in [0.1, 0.15) is 65.9 Å². The molecule has 59 heavy (non-hydrogen) atoms. The van der Waals surface area contributed by atoms with E-state index in [4.69, 9.17) is 9.97 Å². The molecule has 0 unspecified atom stereocenters. The number of allylic oxidation sites excluding steroid dienone is 2. The summed E-state index contributed by atoms with van der Waals surface area (Å²) < 4.78 is 6.23. The lowest BCUT2D eigenvalue weighted by molar-refractivity contribution is 0.830. The van der Waals surface area contributed by atoms with Crippen molar-refractivity contribution in [2.24, 2.45) is 0 Å². The summed E-state index contributed by atoms with van der Waals surface area (Å²) >= 11 is 1.96. The van der Waals surface area contributed by atoms with E-state index in [9.17, 15) is 0 Å². The van der Waals surface area contributed by atoms with Crippen LogP contribution >= 0.6 is 11.3 Å². The van der Waals surface area contributed by atoms with E-state index in [2.05, 4.69) is 155 Å². The van der Waals surface area contributed by atoms with Crippen molar-refractivity contribution >= 4 is 90.8 Å². The number of hydrogen-bond donors (Lipinski definition) is 0. The summed E-state index contributed by atoms with van der Waals surface area (Å²) in [6.07, 6.45) is 24.9. The van der Waals surface area contributed by atoms with Crippen LogP contribution in [0, 0.1) is 0 Å². The molecule has 4 aliphatic carbocycles. The Morgan fingerprint density at radius 3 is 2.24 bits per heavy atom. The van der Waals surface area contributed by atoms with Crippen LogP contribution in [0.2, 0.25) is 0 Å². The van der Waals surface area contributed by atoms with Crippen molar-refractivity contribution in [3.63, 3.8) is 0 Å². The van der Waals surface area contributed by atoms with Gasteiger partial charge in [-0.2, -0.15) is 0 Å². The third kappa shape index (κ3) is 5.01. The lowest BCUT2D eigenvalue weighted by Crippen LogP contribution is -2.38. The summed E-state index contributed by atoms with van der Waals surface area (Å²) in [5.74, 6) is 0.798. The summed E-state index contributed by atoms with van der Waals surface area (Å²) in [7, 11) is 0. The van der Waals surface area contributed by atoms with Crippen LogP contribution < -0.4 is 20.3 Å². The number of rotatable bonds is 4. The third-order valence-corrected chi connectivity index (χ3v) is 14.4. The number of fused-ring (bicyclic) bond motifs is 12. The maximum Gasteiger partial charge on any atom is 0.235 e. The predicted molar refractivity (Wildman–Crippen MR) is 248 cm³/mol. The Morgan fingerprint density at radius 1 is 0.559 bits per heavy atom. The van der Waals surface area contributed by atoms with Crippen LogP contribution in [0.4, 0.5) is 0 Å². The molecule has 13 rings (SSSR count). The minimum absolute atomic E-state index is 0.798. The van der Waals surface area contributed by atoms with Crippen molar-refractivity contribution in [2.75, 3.05) is 0 Å². The summed E-state index contributed by atoms with van der Waals surface area (Å²) in [6.45, 7) is 0. The highest BCUT2D eigenvalue weighted by atomic mass is 32.1. The highest BCUT2D eigenvalue weighted by Gasteiger charge is 2.24. The van der Waals surface area contributed by atoms with Gasteiger partial charge in [0.1, 0.15) is 0 Å². The largest absolute Gasteiger partial charge is 0.309 e. The SMILES string of the molecule is C1=Cc2sc3c(c2CC1)=CCCC=3c1nc(-n2c3c(c4cc(-c5ccc6c(c5)c5c7ccccc7ccc5n6-c5ccccc5)ccc42)C=CCC3)nc2c1=CCCC=2. The lowest BCUT2D eigenvalue weighted by Gasteiger charge is -2.16. The second-order valence-electron chi connectivity index (χ2n) is 16.5. The zero-order chi connectivity index (χ0) is 38.6. The average Bonchev–Trinajstić information content (AvgIpc) is 3.96. The van der Waals surface area contributed by atoms with Gasteiger partial charge < -0.3 is 4.57 Å². The first-order chi connectivity index (χ1) is 29.3. The summed E-state index contributed by atoms with van der Waals surface area (Å²) in [6, 6.07) is 38.2. The highest BCUT2D eigenvalue weighted by Crippen LogP contribution is 2.41. The van der Waals surface area contributed by atoms with E-state index < -0.39 is 0 Å². The van der Waals surface area contributed by atoms with E-state index in [0.29, 0.717) is 0 Å². The van der Waals surface area contributed by atoms with E-state index >= 15 is 0 Å². The van der Waals surface area contributed by atoms with E-state index in [1.165, 1.54) is 103 Å². The van der Waals surface area contributed by atoms with Crippen LogP contribution in [0.3, 0.4) is 0 Å². The second kappa shape index (κ2) is 13.0. The molecule has 0 saturated carbocycles. The first-order valence-corrected chi connectivity index (χ1v) is 22.0. The van der Waals surface area contributed by atoms with Gasteiger partial charge in [0, 0.05) is 47.7 Å². The highest BCUT2D eigenvalue weighted by molar-refractivity contribution is 7.11. The molecule has 0 atom stereocenters. The second-order valence-corrected chi connectivity index (χ2v) is 17.5. The molecule has 0 amide bonds. The first-order valence-electron chi connectivity index (χ1n) is 21.2. The van der Waals surface area contributed by atoms with Gasteiger partial charge >= 0.3 is 0 Å². The Balaban J connectivity index is 1.02. The Kier molecular flexibility index (Phi) is 7.35. The van der Waals surface area contributed by atoms with Gasteiger partial charge in [-0.15, -0.1) is 11.3 Å². The zero-order valence-electron chi connectivity index (χ0n) is 32.7. The Morgan fingerprint density at radius 2 is 1.32 bits per heavy atom. The molecule has 0 aliphatic heterocycles. The van der Waals surface area contributed by atoms with Gasteiger partial charge in [-0.25, -0.2) is 9.97 Å². The van der Waals surface area contributed by atoms with E-state index in [1.807, 2.05) is 11.3 Å². The molecule has 0 fully saturated rings. The molecule has 9 aromatic rings. The van der Waals surface area contributed by atoms with Gasteiger partial charge in [0.2, 0.25) is 5.95 Å². The molecule has 5 aromatic carbocycles. The normalized spacial score (nSPS) is 15.5. The van der Waals surface area contributed by atoms with Crippen molar-refractivity contribution in [1.29, 1.82) is 0 Å². The molecule has 4 heterocycles. The first kappa shape index (κ1) is 33.4. The van der Waals surface area contributed by atoms with Crippen LogP contribution in [-0.4, -0.2) is 19.1 Å². The monoisotopic (exact) mass is 776 g/mol. The van der Waals surface area contributed by atoms with Crippen molar-refractivity contribution < 1.29 is 0 Å². The standard InChI is InChI=1S/C54H40N4S/c1-2-14-36(15-3-1)57-48-29-27-35(32-44(48)51-37-16-5-4-13-33(37)25-30-49(51)57)34-26-28-47-43(31-34)38-17-7-10-23-46(38)58(47)54-55-45-22-9-6-19-41(45)52(56-54)42-21-12-20-40-39-18-8-11-24-50(39)59-53(40)42/h1-5,7,11,13-17,19-20,22,24-32H,6,8-10,12,18,21,23H2. The average molecular weight is 777 g/mol. The minimum atomic E-state index is 0.798. The number of aromatic nitrogens is 4. The van der Waals surface area contributed by atoms with Crippen LogP contribution in [0.5, 0.6) is 0 Å². The molecule has 4 nitrogen and oxygen atoms in total. The molecule has 0 spiro atoms. The number of hydrogen-bond acceptors (Lipinski definition) is 3. The van der Waals surface area contributed by atoms with Gasteiger partial charge in [0.05, 0.1) is 27.6 Å². The minimum Gasteiger partial charge on any atom is -0.309 e. The molecule has 4 aromatic heterocycles. The fourth-order valence-corrected chi connectivity index (χ4v) is 11.9. The van der Waals surface area contributed by atoms with Crippen molar-refractivity contribution in [1.82, 2.24) is 19.1 Å². The quantitative estimate of drug-likeness (QED) is 0.178. The fraction of sp³-hybridized carbons (Fsp3) is 0.148. The van der Waals surface area contributed by atoms with Crippen molar-refractivity contribution in [3.8, 4) is 22.8 Å². The molecular formula is C54H40N4S. The van der Waals surface area contributed by atoms with Crippen LogP contribution in [0.25, 0.3) is 102 Å². The third-order valence-electron chi connectivity index (χ3n) is 13.2. The van der Waals surface area contributed by atoms with E-state index in [1.54, 1.807) is 0 Å². The predicted octanol–water partition coefficient (Wildman–Crippen LogP) is 10.4. The van der Waals surface area contributed by atoms with Crippen molar-refractivity contribution in [2.45, 2.75) is 51.4 Å². The Labute approximate surface area is 345 Å². The lowest BCUT2D eigenvalue weighted by atomic mass is 9.95. The zero-order valence-corrected chi connectivity index (χ0v) is 33.5. The van der Waals surface area contributed by atoms with Gasteiger partial charge in [-0.1, -0.05) is 97.1 Å². The Bertz CT molecular complexity index is 3610. The topological polar surface area (TPSA) is 35.6 Å². The smallest absolute Gasteiger partial charge is 0.235 e. The van der Waals surface area contributed by atoms with Crippen molar-refractivity contribution in [3.05, 3.63) is 163 Å². The maximum atomic E-state index is 5.62. The molecule has 0 N–H and O–H groups in total. The van der Waals surface area contributed by atoms with Crippen LogP contribution in [0.15, 0.2) is 115 Å². The number of benzene rings is 5. The van der Waals surface area contributed by atoms with Gasteiger partial charge in [0.25, 0.3) is 0 Å². The molecule has 5 heteroatoms. The molecule has 4 aliphatic rings. The number of thiophene rings is 1. The summed E-state index contributed by atoms with van der Waals surface area (Å²) in [5, 5.41) is 10.1. The number of para-hydroxylation sites is 1. The van der Waals surface area contributed by atoms with E-state index in [0.717, 1.165) is 68.4 Å². The van der Waals surface area contributed by atoms with Gasteiger partial charge in [0.15, 0.2) is 0 Å². The Hall–Kier alpha value is -6.56. The summed E-state index contributed by atoms with van der Waals surface area (Å²) in [4.78, 5) is 12.4. The van der Waals surface area contributed by atoms with Gasteiger partial charge in [-0.3, -0.25) is 4.57 Å². The van der Waals surface area contributed by atoms with Crippen LogP contribution in [-0.2, 0) is 12.8 Å². The summed E-state index contributed by atoms with van der Waals surface area (Å²) in [5.41, 5.74) is 13.9. The molecular weight excluding hydrogens is 737 g/mol.